The van der Waals surface area contributed by atoms with Crippen LogP contribution in [0.15, 0.2) is 126 Å². The third-order valence-corrected chi connectivity index (χ3v) is 7.05. The molecule has 0 unspecified atom stereocenters. The van der Waals surface area contributed by atoms with Crippen molar-refractivity contribution in [1.82, 2.24) is 9.55 Å². The van der Waals surface area contributed by atoms with E-state index in [0.29, 0.717) is 28.0 Å². The summed E-state index contributed by atoms with van der Waals surface area (Å²) in [4.78, 5) is 9.44. The zero-order chi connectivity index (χ0) is 26.3. The lowest BCUT2D eigenvalue weighted by Crippen LogP contribution is -1.94. The maximum atomic E-state index is 11.1. The van der Waals surface area contributed by atoms with Crippen molar-refractivity contribution < 1.29 is 10.2 Å². The van der Waals surface area contributed by atoms with Crippen molar-refractivity contribution in [2.75, 3.05) is 0 Å². The molecule has 0 radical (unpaired) electrons. The Morgan fingerprint density at radius 2 is 1.41 bits per heavy atom. The Morgan fingerprint density at radius 3 is 2.28 bits per heavy atom. The second-order valence-corrected chi connectivity index (χ2v) is 9.43. The Morgan fingerprint density at radius 1 is 0.641 bits per heavy atom. The first kappa shape index (κ1) is 22.8. The van der Waals surface area contributed by atoms with Crippen LogP contribution in [0.1, 0.15) is 5.69 Å². The molecule has 0 saturated carbocycles. The van der Waals surface area contributed by atoms with Crippen molar-refractivity contribution in [3.8, 4) is 28.4 Å². The zero-order valence-corrected chi connectivity index (χ0v) is 20.9. The number of nitrogens with zero attached hydrogens (tertiary/aromatic N) is 3. The predicted molar refractivity (Wildman–Crippen MR) is 159 cm³/mol. The molecule has 5 nitrogen and oxygen atoms in total. The Hall–Kier alpha value is -5.42. The van der Waals surface area contributed by atoms with Gasteiger partial charge in [0, 0.05) is 27.4 Å². The first-order chi connectivity index (χ1) is 19.2. The summed E-state index contributed by atoms with van der Waals surface area (Å²) in [5, 5.41) is 25.2. The molecule has 2 aromatic heterocycles. The van der Waals surface area contributed by atoms with E-state index >= 15 is 0 Å². The van der Waals surface area contributed by atoms with E-state index in [-0.39, 0.29) is 11.5 Å². The molecule has 186 valence electrons. The topological polar surface area (TPSA) is 70.6 Å². The van der Waals surface area contributed by atoms with Gasteiger partial charge in [0.05, 0.1) is 34.3 Å². The number of hydrogen-bond donors (Lipinski definition) is 2. The summed E-state index contributed by atoms with van der Waals surface area (Å²) in [5.41, 5.74) is 5.69. The van der Waals surface area contributed by atoms with Crippen LogP contribution in [0.3, 0.4) is 0 Å². The lowest BCUT2D eigenvalue weighted by Gasteiger charge is -2.10. The minimum absolute atomic E-state index is 0.166. The van der Waals surface area contributed by atoms with Crippen LogP contribution in [0.5, 0.6) is 11.5 Å². The van der Waals surface area contributed by atoms with Gasteiger partial charge in [-0.3, -0.25) is 4.99 Å². The standard InChI is InChI=1S/C34H23N3O2/c38-32-18-7-10-22-9-6-16-29(34(22)32)35-21-23-11-8-15-28(36-23)27-19-31-26(20-33(27)39)25-14-4-5-17-30(25)37(31)24-12-2-1-3-13-24/h1-21,38-39H. The second-order valence-electron chi connectivity index (χ2n) is 9.43. The highest BCUT2D eigenvalue weighted by Crippen LogP contribution is 2.39. The fourth-order valence-corrected chi connectivity index (χ4v) is 5.28. The highest BCUT2D eigenvalue weighted by atomic mass is 16.3. The summed E-state index contributed by atoms with van der Waals surface area (Å²) in [6.07, 6.45) is 1.68. The van der Waals surface area contributed by atoms with E-state index in [0.717, 1.165) is 32.9 Å². The Labute approximate surface area is 224 Å². The number of benzene rings is 5. The van der Waals surface area contributed by atoms with Gasteiger partial charge < -0.3 is 14.8 Å². The third kappa shape index (κ3) is 3.88. The maximum Gasteiger partial charge on any atom is 0.125 e. The highest BCUT2D eigenvalue weighted by Gasteiger charge is 2.16. The second kappa shape index (κ2) is 9.15. The average Bonchev–Trinajstić information content (AvgIpc) is 3.29. The molecule has 39 heavy (non-hydrogen) atoms. The van der Waals surface area contributed by atoms with Gasteiger partial charge in [-0.2, -0.15) is 0 Å². The summed E-state index contributed by atoms with van der Waals surface area (Å²) in [5.74, 6) is 0.355. The van der Waals surface area contributed by atoms with E-state index in [9.17, 15) is 10.2 Å². The Balaban J connectivity index is 1.36. The van der Waals surface area contributed by atoms with E-state index in [1.807, 2.05) is 91.0 Å². The number of rotatable bonds is 4. The number of pyridine rings is 1. The lowest BCUT2D eigenvalue weighted by atomic mass is 10.1. The summed E-state index contributed by atoms with van der Waals surface area (Å²) in [6.45, 7) is 0. The van der Waals surface area contributed by atoms with Gasteiger partial charge in [0.25, 0.3) is 0 Å². The number of aromatic hydroxyl groups is 2. The third-order valence-electron chi connectivity index (χ3n) is 7.05. The molecule has 7 rings (SSSR count). The van der Waals surface area contributed by atoms with Gasteiger partial charge in [-0.05, 0) is 60.0 Å². The fourth-order valence-electron chi connectivity index (χ4n) is 5.28. The molecule has 2 heterocycles. The van der Waals surface area contributed by atoms with Gasteiger partial charge in [-0.25, -0.2) is 4.98 Å². The van der Waals surface area contributed by atoms with Gasteiger partial charge in [-0.15, -0.1) is 0 Å². The zero-order valence-electron chi connectivity index (χ0n) is 20.9. The normalized spacial score (nSPS) is 11.7. The molecule has 0 atom stereocenters. The quantitative estimate of drug-likeness (QED) is 0.237. The number of aromatic nitrogens is 2. The largest absolute Gasteiger partial charge is 0.507 e. The van der Waals surface area contributed by atoms with Crippen molar-refractivity contribution in [2.45, 2.75) is 0 Å². The molecular weight excluding hydrogens is 482 g/mol. The first-order valence-electron chi connectivity index (χ1n) is 12.7. The van der Waals surface area contributed by atoms with Crippen molar-refractivity contribution in [3.05, 3.63) is 127 Å². The molecule has 0 aliphatic heterocycles. The van der Waals surface area contributed by atoms with Crippen molar-refractivity contribution in [3.63, 3.8) is 0 Å². The van der Waals surface area contributed by atoms with E-state index < -0.39 is 0 Å². The van der Waals surface area contributed by atoms with E-state index in [1.165, 1.54) is 0 Å². The smallest absolute Gasteiger partial charge is 0.125 e. The van der Waals surface area contributed by atoms with Crippen LogP contribution >= 0.6 is 0 Å². The van der Waals surface area contributed by atoms with Crippen LogP contribution in [0.25, 0.3) is 49.5 Å². The Kier molecular flexibility index (Phi) is 5.34. The Bertz CT molecular complexity index is 2040. The van der Waals surface area contributed by atoms with Gasteiger partial charge in [0.1, 0.15) is 11.5 Å². The first-order valence-corrected chi connectivity index (χ1v) is 12.7. The summed E-state index contributed by atoms with van der Waals surface area (Å²) >= 11 is 0. The monoisotopic (exact) mass is 505 g/mol. The van der Waals surface area contributed by atoms with Crippen molar-refractivity contribution in [1.29, 1.82) is 0 Å². The fraction of sp³-hybridized carbons (Fsp3) is 0. The summed E-state index contributed by atoms with van der Waals surface area (Å²) < 4.78 is 2.21. The summed E-state index contributed by atoms with van der Waals surface area (Å²) in [7, 11) is 0. The molecule has 5 heteroatoms. The van der Waals surface area contributed by atoms with Crippen molar-refractivity contribution in [2.24, 2.45) is 4.99 Å². The maximum absolute atomic E-state index is 11.1. The molecule has 7 aromatic rings. The number of hydrogen-bond acceptors (Lipinski definition) is 4. The highest BCUT2D eigenvalue weighted by molar-refractivity contribution is 6.11. The van der Waals surface area contributed by atoms with Gasteiger partial charge in [0.15, 0.2) is 0 Å². The van der Waals surface area contributed by atoms with Gasteiger partial charge in [0.2, 0.25) is 0 Å². The summed E-state index contributed by atoms with van der Waals surface area (Å²) in [6, 6.07) is 39.1. The molecule has 0 saturated heterocycles. The number of aliphatic imine (C=N–C) groups is 1. The van der Waals surface area contributed by atoms with Crippen LogP contribution in [0.4, 0.5) is 5.69 Å². The lowest BCUT2D eigenvalue weighted by molar-refractivity contribution is 0.478. The molecule has 0 fully saturated rings. The predicted octanol–water partition coefficient (Wildman–Crippen LogP) is 8.16. The molecule has 0 aliphatic rings. The van der Waals surface area contributed by atoms with E-state index in [2.05, 4.69) is 33.8 Å². The number of fused-ring (bicyclic) bond motifs is 4. The average molecular weight is 506 g/mol. The molecular formula is C34H23N3O2. The van der Waals surface area contributed by atoms with Crippen LogP contribution < -0.4 is 0 Å². The van der Waals surface area contributed by atoms with Crippen LogP contribution in [-0.2, 0) is 0 Å². The minimum Gasteiger partial charge on any atom is -0.507 e. The molecule has 5 aromatic carbocycles. The minimum atomic E-state index is 0.166. The molecule has 0 bridgehead atoms. The molecule has 0 amide bonds. The van der Waals surface area contributed by atoms with E-state index in [4.69, 9.17) is 4.98 Å². The SMILES string of the molecule is Oc1cc2c3ccccc3n(-c3ccccc3)c2cc1-c1cccc(C=Nc2cccc3cccc(O)c23)n1. The van der Waals surface area contributed by atoms with E-state index in [1.54, 1.807) is 12.3 Å². The van der Waals surface area contributed by atoms with Gasteiger partial charge in [-0.1, -0.05) is 66.7 Å². The van der Waals surface area contributed by atoms with Crippen LogP contribution in [-0.4, -0.2) is 26.0 Å². The van der Waals surface area contributed by atoms with Crippen LogP contribution in [0, 0.1) is 0 Å². The number of phenols is 2. The number of para-hydroxylation sites is 2. The van der Waals surface area contributed by atoms with Crippen LogP contribution in [0.2, 0.25) is 0 Å². The van der Waals surface area contributed by atoms with Crippen molar-refractivity contribution >= 4 is 44.5 Å². The molecule has 0 aliphatic carbocycles. The number of phenolic OH excluding ortho intramolecular Hbond substituents is 2. The van der Waals surface area contributed by atoms with Gasteiger partial charge >= 0.3 is 0 Å². The molecule has 0 spiro atoms. The molecule has 2 N–H and O–H groups in total.